The van der Waals surface area contributed by atoms with Crippen LogP contribution in [-0.4, -0.2) is 37.6 Å². The molecule has 1 aliphatic heterocycles. The first kappa shape index (κ1) is 13.4. The van der Waals surface area contributed by atoms with Crippen molar-refractivity contribution < 1.29 is 0 Å². The Labute approximate surface area is 107 Å². The summed E-state index contributed by atoms with van der Waals surface area (Å²) in [6, 6.07) is 0.859. The van der Waals surface area contributed by atoms with Crippen molar-refractivity contribution in [2.24, 2.45) is 11.3 Å². The third kappa shape index (κ3) is 3.96. The van der Waals surface area contributed by atoms with Crippen LogP contribution in [0.15, 0.2) is 0 Å². The molecule has 2 aliphatic rings. The van der Waals surface area contributed by atoms with Crippen molar-refractivity contribution in [1.82, 2.24) is 10.2 Å². The molecule has 1 atom stereocenters. The van der Waals surface area contributed by atoms with Crippen molar-refractivity contribution in [2.75, 3.05) is 26.7 Å². The molecule has 0 radical (unpaired) electrons. The molecule has 0 aromatic rings. The molecule has 2 heteroatoms. The Kier molecular flexibility index (Phi) is 4.48. The topological polar surface area (TPSA) is 15.3 Å². The quantitative estimate of drug-likeness (QED) is 0.810. The minimum absolute atomic E-state index is 0.604. The molecule has 0 aromatic carbocycles. The Bertz CT molecular complexity index is 221. The lowest BCUT2D eigenvalue weighted by Crippen LogP contribution is -2.38. The van der Waals surface area contributed by atoms with Crippen LogP contribution in [0.3, 0.4) is 0 Å². The van der Waals surface area contributed by atoms with Crippen molar-refractivity contribution in [3.63, 3.8) is 0 Å². The van der Waals surface area contributed by atoms with Gasteiger partial charge in [0.05, 0.1) is 0 Å². The summed E-state index contributed by atoms with van der Waals surface area (Å²) < 4.78 is 0. The van der Waals surface area contributed by atoms with Crippen LogP contribution >= 0.6 is 0 Å². The molecule has 1 saturated heterocycles. The van der Waals surface area contributed by atoms with Crippen LogP contribution < -0.4 is 5.32 Å². The highest BCUT2D eigenvalue weighted by atomic mass is 15.1. The Hall–Kier alpha value is -0.0800. The minimum Gasteiger partial charge on any atom is -0.316 e. The number of nitrogens with one attached hydrogen (secondary N) is 1. The second-order valence-electron chi connectivity index (χ2n) is 7.02. The van der Waals surface area contributed by atoms with Crippen molar-refractivity contribution >= 4 is 0 Å². The maximum atomic E-state index is 3.47. The average Bonchev–Trinajstić information content (AvgIpc) is 2.78. The summed E-state index contributed by atoms with van der Waals surface area (Å²) in [6.45, 7) is 8.65. The van der Waals surface area contributed by atoms with E-state index in [2.05, 4.69) is 31.1 Å². The van der Waals surface area contributed by atoms with Crippen molar-refractivity contribution in [3.8, 4) is 0 Å². The number of nitrogens with zero attached hydrogens (tertiary/aromatic N) is 1. The largest absolute Gasteiger partial charge is 0.316 e. The Morgan fingerprint density at radius 2 is 1.88 bits per heavy atom. The maximum absolute atomic E-state index is 3.47. The second kappa shape index (κ2) is 5.71. The van der Waals surface area contributed by atoms with E-state index in [1.165, 1.54) is 58.2 Å². The smallest absolute Gasteiger partial charge is 0.00926 e. The van der Waals surface area contributed by atoms with Gasteiger partial charge in [0.15, 0.2) is 0 Å². The van der Waals surface area contributed by atoms with Crippen LogP contribution in [0.2, 0.25) is 0 Å². The molecule has 1 unspecified atom stereocenters. The van der Waals surface area contributed by atoms with Crippen LogP contribution in [0.25, 0.3) is 0 Å². The molecule has 1 heterocycles. The van der Waals surface area contributed by atoms with Crippen LogP contribution in [-0.2, 0) is 0 Å². The van der Waals surface area contributed by atoms with Crippen LogP contribution in [0, 0.1) is 11.3 Å². The first-order chi connectivity index (χ1) is 8.07. The molecular formula is C15H30N2. The van der Waals surface area contributed by atoms with E-state index in [4.69, 9.17) is 0 Å². The van der Waals surface area contributed by atoms with Crippen LogP contribution in [0.1, 0.15) is 52.4 Å². The second-order valence-corrected chi connectivity index (χ2v) is 7.02. The van der Waals surface area contributed by atoms with Gasteiger partial charge >= 0.3 is 0 Å². The third-order valence-corrected chi connectivity index (χ3v) is 4.98. The van der Waals surface area contributed by atoms with E-state index < -0.39 is 0 Å². The molecule has 1 N–H and O–H groups in total. The molecule has 0 spiro atoms. The monoisotopic (exact) mass is 238 g/mol. The highest BCUT2D eigenvalue weighted by Crippen LogP contribution is 2.36. The fourth-order valence-corrected chi connectivity index (χ4v) is 3.35. The van der Waals surface area contributed by atoms with Gasteiger partial charge in [-0.2, -0.15) is 0 Å². The van der Waals surface area contributed by atoms with Gasteiger partial charge in [-0.3, -0.25) is 0 Å². The van der Waals surface area contributed by atoms with Crippen molar-refractivity contribution in [1.29, 1.82) is 0 Å². The Morgan fingerprint density at radius 3 is 2.47 bits per heavy atom. The zero-order valence-corrected chi connectivity index (χ0v) is 12.0. The summed E-state index contributed by atoms with van der Waals surface area (Å²) in [7, 11) is 2.34. The molecule has 0 bridgehead atoms. The zero-order chi connectivity index (χ0) is 12.3. The fourth-order valence-electron chi connectivity index (χ4n) is 3.35. The molecule has 2 nitrogen and oxygen atoms in total. The summed E-state index contributed by atoms with van der Waals surface area (Å²) in [5.41, 5.74) is 0.604. The molecule has 1 saturated carbocycles. The maximum Gasteiger partial charge on any atom is 0.00926 e. The van der Waals surface area contributed by atoms with Gasteiger partial charge in [0, 0.05) is 6.04 Å². The molecule has 100 valence electrons. The molecule has 2 fully saturated rings. The van der Waals surface area contributed by atoms with Crippen LogP contribution in [0.5, 0.6) is 0 Å². The van der Waals surface area contributed by atoms with Crippen LogP contribution in [0.4, 0.5) is 0 Å². The fraction of sp³-hybridized carbons (Fsp3) is 1.00. The predicted octanol–water partition coefficient (Wildman–Crippen LogP) is 2.89. The molecule has 1 aliphatic carbocycles. The van der Waals surface area contributed by atoms with E-state index in [0.29, 0.717) is 5.41 Å². The summed E-state index contributed by atoms with van der Waals surface area (Å²) in [5, 5.41) is 3.47. The third-order valence-electron chi connectivity index (χ3n) is 4.98. The lowest BCUT2D eigenvalue weighted by atomic mass is 9.75. The summed E-state index contributed by atoms with van der Waals surface area (Å²) >= 11 is 0. The first-order valence-electron chi connectivity index (χ1n) is 7.48. The molecule has 0 amide bonds. The van der Waals surface area contributed by atoms with Gasteiger partial charge in [-0.05, 0) is 76.5 Å². The van der Waals surface area contributed by atoms with E-state index in [1.807, 2.05) is 0 Å². The molecule has 0 aromatic heterocycles. The molecule has 2 rings (SSSR count). The SMILES string of the molecule is CN(CCC1CCNC1)C1CCC(C)(C)CC1. The van der Waals surface area contributed by atoms with Gasteiger partial charge in [0.25, 0.3) is 0 Å². The lowest BCUT2D eigenvalue weighted by molar-refractivity contribution is 0.123. The van der Waals surface area contributed by atoms with Gasteiger partial charge in [-0.15, -0.1) is 0 Å². The zero-order valence-electron chi connectivity index (χ0n) is 12.0. The standard InChI is InChI=1S/C15H30N2/c1-15(2)8-4-14(5-9-15)17(3)11-7-13-6-10-16-12-13/h13-14,16H,4-12H2,1-3H3. The Balaban J connectivity index is 1.67. The Morgan fingerprint density at radius 1 is 1.18 bits per heavy atom. The number of rotatable bonds is 4. The molecule has 17 heavy (non-hydrogen) atoms. The number of hydrogen-bond donors (Lipinski definition) is 1. The van der Waals surface area contributed by atoms with E-state index >= 15 is 0 Å². The van der Waals surface area contributed by atoms with Gasteiger partial charge in [-0.25, -0.2) is 0 Å². The predicted molar refractivity (Wildman–Crippen MR) is 74.3 cm³/mol. The van der Waals surface area contributed by atoms with Gasteiger partial charge in [-0.1, -0.05) is 13.8 Å². The summed E-state index contributed by atoms with van der Waals surface area (Å²) in [6.07, 6.45) is 8.42. The van der Waals surface area contributed by atoms with Gasteiger partial charge < -0.3 is 10.2 Å². The number of hydrogen-bond acceptors (Lipinski definition) is 2. The van der Waals surface area contributed by atoms with Gasteiger partial charge in [0.2, 0.25) is 0 Å². The highest BCUT2D eigenvalue weighted by Gasteiger charge is 2.28. The van der Waals surface area contributed by atoms with Crippen molar-refractivity contribution in [2.45, 2.75) is 58.4 Å². The first-order valence-corrected chi connectivity index (χ1v) is 7.48. The lowest BCUT2D eigenvalue weighted by Gasteiger charge is -2.38. The minimum atomic E-state index is 0.604. The summed E-state index contributed by atoms with van der Waals surface area (Å²) in [5.74, 6) is 0.942. The van der Waals surface area contributed by atoms with E-state index in [0.717, 1.165) is 12.0 Å². The summed E-state index contributed by atoms with van der Waals surface area (Å²) in [4.78, 5) is 2.63. The van der Waals surface area contributed by atoms with E-state index in [1.54, 1.807) is 0 Å². The normalized spacial score (nSPS) is 30.0. The highest BCUT2D eigenvalue weighted by molar-refractivity contribution is 4.83. The van der Waals surface area contributed by atoms with Crippen molar-refractivity contribution in [3.05, 3.63) is 0 Å². The van der Waals surface area contributed by atoms with E-state index in [-0.39, 0.29) is 0 Å². The molecular weight excluding hydrogens is 208 g/mol. The van der Waals surface area contributed by atoms with E-state index in [9.17, 15) is 0 Å². The average molecular weight is 238 g/mol. The van der Waals surface area contributed by atoms with Gasteiger partial charge in [0.1, 0.15) is 0 Å².